The summed E-state index contributed by atoms with van der Waals surface area (Å²) in [5, 5.41) is 2.77. The molecule has 4 nitrogen and oxygen atoms in total. The molecule has 1 aromatic heterocycles. The highest BCUT2D eigenvalue weighted by Crippen LogP contribution is 2.15. The first-order valence-corrected chi connectivity index (χ1v) is 6.02. The number of pyridine rings is 1. The Bertz CT molecular complexity index is 338. The molecule has 4 heteroatoms. The number of nitrogens with two attached hydrogens (primary N) is 1. The summed E-state index contributed by atoms with van der Waals surface area (Å²) in [6, 6.07) is 5.44. The number of anilines is 1. The lowest BCUT2D eigenvalue weighted by Gasteiger charge is -2.16. The summed E-state index contributed by atoms with van der Waals surface area (Å²) in [5.41, 5.74) is 5.67. The van der Waals surface area contributed by atoms with Gasteiger partial charge in [-0.25, -0.2) is 4.98 Å². The van der Waals surface area contributed by atoms with Gasteiger partial charge in [-0.15, -0.1) is 0 Å². The van der Waals surface area contributed by atoms with E-state index < -0.39 is 0 Å². The average Bonchev–Trinajstić information content (AvgIpc) is 2.28. The minimum absolute atomic E-state index is 0.0141. The molecule has 1 aromatic rings. The van der Waals surface area contributed by atoms with Crippen LogP contribution >= 0.6 is 0 Å². The molecule has 1 amide bonds. The molecule has 3 N–H and O–H groups in total. The summed E-state index contributed by atoms with van der Waals surface area (Å²) in [7, 11) is 0. The molecule has 1 atom stereocenters. The number of hydrogen-bond acceptors (Lipinski definition) is 3. The van der Waals surface area contributed by atoms with Crippen molar-refractivity contribution in [1.29, 1.82) is 0 Å². The minimum atomic E-state index is -0.0141. The fourth-order valence-corrected chi connectivity index (χ4v) is 1.82. The van der Waals surface area contributed by atoms with Gasteiger partial charge in [0.05, 0.1) is 0 Å². The Labute approximate surface area is 103 Å². The highest BCUT2D eigenvalue weighted by atomic mass is 16.1. The van der Waals surface area contributed by atoms with E-state index in [-0.39, 0.29) is 11.8 Å². The molecular formula is C13H21N3O. The third-order valence-electron chi connectivity index (χ3n) is 2.54. The summed E-state index contributed by atoms with van der Waals surface area (Å²) >= 11 is 0. The van der Waals surface area contributed by atoms with Gasteiger partial charge >= 0.3 is 0 Å². The average molecular weight is 235 g/mol. The van der Waals surface area contributed by atoms with Gasteiger partial charge in [0.2, 0.25) is 5.91 Å². The molecule has 1 heterocycles. The van der Waals surface area contributed by atoms with Crippen LogP contribution < -0.4 is 11.1 Å². The third kappa shape index (κ3) is 5.45. The fraction of sp³-hybridized carbons (Fsp3) is 0.538. The maximum Gasteiger partial charge on any atom is 0.225 e. The molecule has 0 saturated heterocycles. The fourth-order valence-electron chi connectivity index (χ4n) is 1.82. The van der Waals surface area contributed by atoms with Crippen LogP contribution in [0.2, 0.25) is 0 Å². The van der Waals surface area contributed by atoms with E-state index in [0.29, 0.717) is 24.7 Å². The summed E-state index contributed by atoms with van der Waals surface area (Å²) in [6.45, 7) is 4.83. The van der Waals surface area contributed by atoms with Gasteiger partial charge in [-0.05, 0) is 36.9 Å². The standard InChI is InChI=1S/C13H21N3O/c1-10(2)7-11(9-14)8-13(17)16-12-5-3-4-6-15-12/h3-6,10-11H,7-9,14H2,1-2H3,(H,15,16,17)/t11-/m0/s1. The lowest BCUT2D eigenvalue weighted by Crippen LogP contribution is -2.23. The predicted molar refractivity (Wildman–Crippen MR) is 69.5 cm³/mol. The van der Waals surface area contributed by atoms with Crippen molar-refractivity contribution in [2.75, 3.05) is 11.9 Å². The molecule has 0 saturated carbocycles. The highest BCUT2D eigenvalue weighted by Gasteiger charge is 2.14. The first-order chi connectivity index (χ1) is 8.11. The Kier molecular flexibility index (Phi) is 5.63. The van der Waals surface area contributed by atoms with E-state index in [2.05, 4.69) is 24.1 Å². The third-order valence-corrected chi connectivity index (χ3v) is 2.54. The van der Waals surface area contributed by atoms with Gasteiger partial charge in [0, 0.05) is 12.6 Å². The molecule has 0 aliphatic rings. The Hall–Kier alpha value is -1.42. The second-order valence-corrected chi connectivity index (χ2v) is 4.70. The van der Waals surface area contributed by atoms with E-state index in [9.17, 15) is 4.79 Å². The molecule has 17 heavy (non-hydrogen) atoms. The smallest absolute Gasteiger partial charge is 0.225 e. The van der Waals surface area contributed by atoms with Crippen LogP contribution in [0.15, 0.2) is 24.4 Å². The molecule has 0 spiro atoms. The van der Waals surface area contributed by atoms with Crippen LogP contribution in [-0.2, 0) is 4.79 Å². The largest absolute Gasteiger partial charge is 0.330 e. The van der Waals surface area contributed by atoms with Gasteiger partial charge in [-0.1, -0.05) is 19.9 Å². The van der Waals surface area contributed by atoms with E-state index in [1.165, 1.54) is 0 Å². The maximum absolute atomic E-state index is 11.8. The van der Waals surface area contributed by atoms with Crippen molar-refractivity contribution in [3.63, 3.8) is 0 Å². The summed E-state index contributed by atoms with van der Waals surface area (Å²) in [4.78, 5) is 15.8. The van der Waals surface area contributed by atoms with E-state index >= 15 is 0 Å². The van der Waals surface area contributed by atoms with Gasteiger partial charge in [-0.2, -0.15) is 0 Å². The minimum Gasteiger partial charge on any atom is -0.330 e. The number of carbonyl (C=O) groups excluding carboxylic acids is 1. The first kappa shape index (κ1) is 13.6. The number of carbonyl (C=O) groups is 1. The quantitative estimate of drug-likeness (QED) is 0.792. The molecule has 0 aromatic carbocycles. The molecule has 0 aliphatic carbocycles. The lowest BCUT2D eigenvalue weighted by molar-refractivity contribution is -0.117. The molecule has 0 unspecified atom stereocenters. The lowest BCUT2D eigenvalue weighted by atomic mass is 9.94. The van der Waals surface area contributed by atoms with Gasteiger partial charge < -0.3 is 11.1 Å². The number of nitrogens with one attached hydrogen (secondary N) is 1. The molecule has 1 rings (SSSR count). The van der Waals surface area contributed by atoms with E-state index in [1.54, 1.807) is 12.3 Å². The second kappa shape index (κ2) is 7.01. The number of amides is 1. The Morgan fingerprint density at radius 2 is 2.24 bits per heavy atom. The normalized spacial score (nSPS) is 12.5. The van der Waals surface area contributed by atoms with Crippen LogP contribution in [-0.4, -0.2) is 17.4 Å². The van der Waals surface area contributed by atoms with Gasteiger partial charge in [0.1, 0.15) is 5.82 Å². The van der Waals surface area contributed by atoms with Gasteiger partial charge in [-0.3, -0.25) is 4.79 Å². The Morgan fingerprint density at radius 3 is 2.76 bits per heavy atom. The van der Waals surface area contributed by atoms with Crippen molar-refractivity contribution in [1.82, 2.24) is 4.98 Å². The molecule has 0 fully saturated rings. The molecule has 0 aliphatic heterocycles. The zero-order valence-electron chi connectivity index (χ0n) is 10.5. The van der Waals surface area contributed by atoms with E-state index in [1.807, 2.05) is 12.1 Å². The molecule has 0 bridgehead atoms. The first-order valence-electron chi connectivity index (χ1n) is 6.02. The Morgan fingerprint density at radius 1 is 1.47 bits per heavy atom. The van der Waals surface area contributed by atoms with Crippen LogP contribution in [0.1, 0.15) is 26.7 Å². The van der Waals surface area contributed by atoms with E-state index in [0.717, 1.165) is 6.42 Å². The number of aromatic nitrogens is 1. The van der Waals surface area contributed by atoms with Crippen LogP contribution in [0.4, 0.5) is 5.82 Å². The van der Waals surface area contributed by atoms with Crippen molar-refractivity contribution in [3.8, 4) is 0 Å². The highest BCUT2D eigenvalue weighted by molar-refractivity contribution is 5.89. The predicted octanol–water partition coefficient (Wildman–Crippen LogP) is 2.03. The SMILES string of the molecule is CC(C)C[C@H](CN)CC(=O)Nc1ccccn1. The van der Waals surface area contributed by atoms with Crippen molar-refractivity contribution >= 4 is 11.7 Å². The zero-order valence-corrected chi connectivity index (χ0v) is 10.5. The van der Waals surface area contributed by atoms with Crippen LogP contribution in [0, 0.1) is 11.8 Å². The summed E-state index contributed by atoms with van der Waals surface area (Å²) in [5.74, 6) is 1.39. The van der Waals surface area contributed by atoms with Crippen molar-refractivity contribution in [2.24, 2.45) is 17.6 Å². The monoisotopic (exact) mass is 235 g/mol. The van der Waals surface area contributed by atoms with Crippen LogP contribution in [0.3, 0.4) is 0 Å². The number of rotatable bonds is 6. The topological polar surface area (TPSA) is 68.0 Å². The zero-order chi connectivity index (χ0) is 12.7. The van der Waals surface area contributed by atoms with Gasteiger partial charge in [0.25, 0.3) is 0 Å². The van der Waals surface area contributed by atoms with Crippen molar-refractivity contribution in [2.45, 2.75) is 26.7 Å². The van der Waals surface area contributed by atoms with Crippen LogP contribution in [0.5, 0.6) is 0 Å². The maximum atomic E-state index is 11.8. The van der Waals surface area contributed by atoms with Crippen molar-refractivity contribution in [3.05, 3.63) is 24.4 Å². The number of nitrogens with zero attached hydrogens (tertiary/aromatic N) is 1. The van der Waals surface area contributed by atoms with E-state index in [4.69, 9.17) is 5.73 Å². The molecule has 94 valence electrons. The number of hydrogen-bond donors (Lipinski definition) is 2. The molecule has 0 radical (unpaired) electrons. The van der Waals surface area contributed by atoms with Crippen molar-refractivity contribution < 1.29 is 4.79 Å². The van der Waals surface area contributed by atoms with Crippen LogP contribution in [0.25, 0.3) is 0 Å². The second-order valence-electron chi connectivity index (χ2n) is 4.70. The summed E-state index contributed by atoms with van der Waals surface area (Å²) < 4.78 is 0. The summed E-state index contributed by atoms with van der Waals surface area (Å²) in [6.07, 6.45) is 3.10. The molecular weight excluding hydrogens is 214 g/mol. The Balaban J connectivity index is 2.43. The van der Waals surface area contributed by atoms with Gasteiger partial charge in [0.15, 0.2) is 0 Å².